The van der Waals surface area contributed by atoms with E-state index >= 15 is 0 Å². The minimum atomic E-state index is 0.636. The smallest absolute Gasteiger partial charge is 0.188 e. The number of aryl methyl sites for hydroxylation is 1. The summed E-state index contributed by atoms with van der Waals surface area (Å²) in [6, 6.07) is 0.636. The molecule has 92 valence electrons. The van der Waals surface area contributed by atoms with Gasteiger partial charge in [-0.2, -0.15) is 4.80 Å². The molecule has 1 aromatic rings. The molecule has 1 unspecified atom stereocenters. The molecule has 6 nitrogen and oxygen atoms in total. The van der Waals surface area contributed by atoms with E-state index < -0.39 is 0 Å². The Bertz CT molecular complexity index is 297. The monoisotopic (exact) mass is 226 g/mol. The van der Waals surface area contributed by atoms with Crippen molar-refractivity contribution in [1.29, 1.82) is 0 Å². The number of hydrogen-bond acceptors (Lipinski definition) is 5. The van der Waals surface area contributed by atoms with Crippen molar-refractivity contribution < 1.29 is 0 Å². The van der Waals surface area contributed by atoms with Crippen molar-refractivity contribution in [3.8, 4) is 0 Å². The highest BCUT2D eigenvalue weighted by Crippen LogP contribution is 1.98. The minimum absolute atomic E-state index is 0.636. The predicted octanol–water partition coefficient (Wildman–Crippen LogP) is 0.0300. The summed E-state index contributed by atoms with van der Waals surface area (Å²) in [5.41, 5.74) is 0. The van der Waals surface area contributed by atoms with Crippen LogP contribution in [0.25, 0.3) is 0 Å². The summed E-state index contributed by atoms with van der Waals surface area (Å²) in [5.74, 6) is 0.744. The quantitative estimate of drug-likeness (QED) is 0.665. The van der Waals surface area contributed by atoms with Gasteiger partial charge in [0.1, 0.15) is 0 Å². The second kappa shape index (κ2) is 6.55. The first kappa shape index (κ1) is 13.1. The third-order valence-electron chi connectivity index (χ3n) is 2.82. The number of tetrazole rings is 1. The number of likely N-dealkylation sites (N-methyl/N-ethyl adjacent to an activating group) is 1. The van der Waals surface area contributed by atoms with Crippen molar-refractivity contribution in [1.82, 2.24) is 30.4 Å². The number of nitrogens with zero attached hydrogens (tertiary/aromatic N) is 5. The Kier molecular flexibility index (Phi) is 5.34. The lowest BCUT2D eigenvalue weighted by molar-refractivity contribution is 0.251. The van der Waals surface area contributed by atoms with E-state index in [4.69, 9.17) is 0 Å². The van der Waals surface area contributed by atoms with Gasteiger partial charge in [-0.3, -0.25) is 0 Å². The fraction of sp³-hybridized carbons (Fsp3) is 0.900. The van der Waals surface area contributed by atoms with Crippen molar-refractivity contribution in [3.63, 3.8) is 0 Å². The third kappa shape index (κ3) is 4.24. The summed E-state index contributed by atoms with van der Waals surface area (Å²) in [6.07, 6.45) is 1.18. The number of nitrogens with one attached hydrogen (secondary N) is 1. The van der Waals surface area contributed by atoms with Crippen molar-refractivity contribution in [2.24, 2.45) is 7.05 Å². The summed E-state index contributed by atoms with van der Waals surface area (Å²) in [4.78, 5) is 3.82. The van der Waals surface area contributed by atoms with Gasteiger partial charge in [-0.1, -0.05) is 6.92 Å². The lowest BCUT2D eigenvalue weighted by atomic mass is 10.2. The van der Waals surface area contributed by atoms with Gasteiger partial charge in [0.2, 0.25) is 0 Å². The lowest BCUT2D eigenvalue weighted by Crippen LogP contribution is -2.34. The van der Waals surface area contributed by atoms with Gasteiger partial charge >= 0.3 is 0 Å². The molecule has 0 aromatic carbocycles. The molecular weight excluding hydrogens is 204 g/mol. The highest BCUT2D eigenvalue weighted by atomic mass is 15.6. The number of aromatic nitrogens is 4. The normalized spacial score (nSPS) is 13.3. The second-order valence-electron chi connectivity index (χ2n) is 4.11. The molecule has 0 bridgehead atoms. The minimum Gasteiger partial charge on any atom is -0.308 e. The van der Waals surface area contributed by atoms with Crippen LogP contribution in [-0.4, -0.2) is 51.3 Å². The molecule has 1 heterocycles. The van der Waals surface area contributed by atoms with Crippen LogP contribution in [0.2, 0.25) is 0 Å². The molecule has 0 aliphatic rings. The molecule has 0 aliphatic heterocycles. The Labute approximate surface area is 97.0 Å². The zero-order valence-electron chi connectivity index (χ0n) is 10.6. The van der Waals surface area contributed by atoms with Crippen LogP contribution >= 0.6 is 0 Å². The molecule has 0 aliphatic carbocycles. The van der Waals surface area contributed by atoms with E-state index in [-0.39, 0.29) is 0 Å². The van der Waals surface area contributed by atoms with Gasteiger partial charge in [0.15, 0.2) is 5.82 Å². The van der Waals surface area contributed by atoms with Gasteiger partial charge < -0.3 is 10.2 Å². The van der Waals surface area contributed by atoms with Gasteiger partial charge in [-0.15, -0.1) is 10.2 Å². The Hall–Kier alpha value is -1.01. The largest absolute Gasteiger partial charge is 0.308 e. The Morgan fingerprint density at radius 2 is 2.25 bits per heavy atom. The Balaban J connectivity index is 2.12. The maximum Gasteiger partial charge on any atom is 0.188 e. The molecule has 0 saturated carbocycles. The molecule has 1 atom stereocenters. The average molecular weight is 226 g/mol. The summed E-state index contributed by atoms with van der Waals surface area (Å²) >= 11 is 0. The second-order valence-corrected chi connectivity index (χ2v) is 4.11. The van der Waals surface area contributed by atoms with E-state index in [1.165, 1.54) is 11.2 Å². The number of rotatable bonds is 7. The van der Waals surface area contributed by atoms with E-state index in [0.29, 0.717) is 12.6 Å². The highest BCUT2D eigenvalue weighted by Gasteiger charge is 2.05. The fourth-order valence-electron chi connectivity index (χ4n) is 1.38. The van der Waals surface area contributed by atoms with Crippen LogP contribution in [0.3, 0.4) is 0 Å². The van der Waals surface area contributed by atoms with Crippen molar-refractivity contribution in [3.05, 3.63) is 5.82 Å². The van der Waals surface area contributed by atoms with E-state index in [1.54, 1.807) is 7.05 Å². The summed E-state index contributed by atoms with van der Waals surface area (Å²) < 4.78 is 0. The van der Waals surface area contributed by atoms with Crippen LogP contribution in [0.1, 0.15) is 26.1 Å². The fourth-order valence-corrected chi connectivity index (χ4v) is 1.38. The number of hydrogen-bond donors (Lipinski definition) is 1. The van der Waals surface area contributed by atoms with E-state index in [2.05, 4.69) is 46.5 Å². The SMILES string of the molecule is CCC(C)N(C)CCNCc1nnn(C)n1. The molecule has 1 rings (SSSR count). The molecule has 0 radical (unpaired) electrons. The molecule has 16 heavy (non-hydrogen) atoms. The lowest BCUT2D eigenvalue weighted by Gasteiger charge is -2.23. The van der Waals surface area contributed by atoms with Gasteiger partial charge in [0.25, 0.3) is 0 Å². The standard InChI is InChI=1S/C10H22N6/c1-5-9(2)15(3)7-6-11-8-10-12-14-16(4)13-10/h9,11H,5-8H2,1-4H3. The maximum absolute atomic E-state index is 4.10. The molecule has 0 amide bonds. The van der Waals surface area contributed by atoms with Crippen molar-refractivity contribution in [2.45, 2.75) is 32.9 Å². The van der Waals surface area contributed by atoms with Crippen LogP contribution in [0, 0.1) is 0 Å². The average Bonchev–Trinajstić information content (AvgIpc) is 2.69. The molecule has 0 fully saturated rings. The van der Waals surface area contributed by atoms with E-state index in [1.807, 2.05) is 0 Å². The van der Waals surface area contributed by atoms with Gasteiger partial charge in [-0.25, -0.2) is 0 Å². The molecule has 0 saturated heterocycles. The Morgan fingerprint density at radius 1 is 1.50 bits per heavy atom. The topological polar surface area (TPSA) is 58.9 Å². The van der Waals surface area contributed by atoms with Crippen LogP contribution in [0.15, 0.2) is 0 Å². The molecule has 6 heteroatoms. The first-order valence-corrected chi connectivity index (χ1v) is 5.77. The summed E-state index contributed by atoms with van der Waals surface area (Å²) in [7, 11) is 3.92. The van der Waals surface area contributed by atoms with Crippen LogP contribution in [-0.2, 0) is 13.6 Å². The van der Waals surface area contributed by atoms with Crippen LogP contribution in [0.4, 0.5) is 0 Å². The predicted molar refractivity (Wildman–Crippen MR) is 62.9 cm³/mol. The first-order valence-electron chi connectivity index (χ1n) is 5.77. The van der Waals surface area contributed by atoms with Gasteiger partial charge in [0, 0.05) is 19.1 Å². The zero-order chi connectivity index (χ0) is 12.0. The molecule has 1 aromatic heterocycles. The van der Waals surface area contributed by atoms with Crippen LogP contribution < -0.4 is 5.32 Å². The van der Waals surface area contributed by atoms with Crippen LogP contribution in [0.5, 0.6) is 0 Å². The van der Waals surface area contributed by atoms with Gasteiger partial charge in [0.05, 0.1) is 13.6 Å². The zero-order valence-corrected chi connectivity index (χ0v) is 10.6. The van der Waals surface area contributed by atoms with E-state index in [0.717, 1.165) is 18.9 Å². The summed E-state index contributed by atoms with van der Waals surface area (Å²) in [6.45, 7) is 7.11. The highest BCUT2D eigenvalue weighted by molar-refractivity contribution is 4.75. The maximum atomic E-state index is 4.10. The molecular formula is C10H22N6. The third-order valence-corrected chi connectivity index (χ3v) is 2.82. The molecule has 1 N–H and O–H groups in total. The summed E-state index contributed by atoms with van der Waals surface area (Å²) in [5, 5.41) is 15.1. The van der Waals surface area contributed by atoms with Crippen molar-refractivity contribution in [2.75, 3.05) is 20.1 Å². The first-order chi connectivity index (χ1) is 7.63. The van der Waals surface area contributed by atoms with Crippen molar-refractivity contribution >= 4 is 0 Å². The van der Waals surface area contributed by atoms with Gasteiger partial charge in [-0.05, 0) is 25.6 Å². The Morgan fingerprint density at radius 3 is 2.81 bits per heavy atom. The molecule has 0 spiro atoms. The van der Waals surface area contributed by atoms with E-state index in [9.17, 15) is 0 Å².